The minimum absolute atomic E-state index is 0.283. The molecule has 3 rings (SSSR count). The van der Waals surface area contributed by atoms with Crippen molar-refractivity contribution in [3.63, 3.8) is 0 Å². The first-order chi connectivity index (χ1) is 14.6. The molecule has 1 saturated heterocycles. The molecular weight excluding hydrogens is 400 g/mol. The van der Waals surface area contributed by atoms with E-state index < -0.39 is 0 Å². The van der Waals surface area contributed by atoms with Gasteiger partial charge in [-0.3, -0.25) is 9.69 Å². The van der Waals surface area contributed by atoms with Crippen molar-refractivity contribution in [2.45, 2.75) is 52.1 Å². The molecule has 1 aliphatic rings. The number of nitrogens with zero attached hydrogens (tertiary/aromatic N) is 4. The fourth-order valence-electron chi connectivity index (χ4n) is 3.61. The lowest BCUT2D eigenvalue weighted by molar-refractivity contribution is -0.133. The smallest absolute Gasteiger partial charge is 0.288 e. The van der Waals surface area contributed by atoms with Crippen LogP contribution in [0.5, 0.6) is 5.75 Å². The molecule has 0 spiro atoms. The number of benzene rings is 1. The third-order valence-corrected chi connectivity index (χ3v) is 5.79. The number of ether oxygens (including phenoxy) is 1. The van der Waals surface area contributed by atoms with Crippen molar-refractivity contribution in [1.29, 1.82) is 0 Å². The summed E-state index contributed by atoms with van der Waals surface area (Å²) in [6.45, 7) is 5.91. The number of carbonyl (C=O) groups excluding carboxylic acids is 1. The summed E-state index contributed by atoms with van der Waals surface area (Å²) in [4.78, 5) is 17.0. The molecule has 0 N–H and O–H groups in total. The van der Waals surface area contributed by atoms with Crippen LogP contribution in [0, 0.1) is 4.84 Å². The number of aromatic nitrogens is 2. The molecular formula is C22H32N4O3S. The van der Waals surface area contributed by atoms with E-state index >= 15 is 0 Å². The molecule has 0 unspecified atom stereocenters. The summed E-state index contributed by atoms with van der Waals surface area (Å²) in [5.74, 6) is 1.57. The Bertz CT molecular complexity index is 854. The number of hydrogen-bond donors (Lipinski definition) is 0. The van der Waals surface area contributed by atoms with Crippen molar-refractivity contribution in [2.75, 3.05) is 33.3 Å². The molecule has 0 saturated carbocycles. The van der Waals surface area contributed by atoms with Crippen LogP contribution in [0.4, 0.5) is 0 Å². The Labute approximate surface area is 183 Å². The monoisotopic (exact) mass is 432 g/mol. The molecule has 0 bridgehead atoms. The SMILES string of the molecule is CCCCCCCC(=O)N1CCN(Cn2nc(-c3ccc(OC)cc3)oc2=S)CC1. The first-order valence-electron chi connectivity index (χ1n) is 10.8. The molecule has 1 fully saturated rings. The van der Waals surface area contributed by atoms with Gasteiger partial charge in [0.15, 0.2) is 0 Å². The van der Waals surface area contributed by atoms with Gasteiger partial charge >= 0.3 is 0 Å². The topological polar surface area (TPSA) is 63.7 Å². The standard InChI is InChI=1S/C22H32N4O3S/c1-3-4-5-6-7-8-20(27)25-15-13-24(14-16-25)17-26-22(30)29-21(23-26)18-9-11-19(28-2)12-10-18/h9-12H,3-8,13-17H2,1-2H3. The fourth-order valence-corrected chi connectivity index (χ4v) is 3.79. The second-order valence-electron chi connectivity index (χ2n) is 7.71. The normalized spacial score (nSPS) is 14.8. The number of carbonyl (C=O) groups is 1. The van der Waals surface area contributed by atoms with E-state index in [-0.39, 0.29) is 5.91 Å². The molecule has 2 aromatic rings. The molecule has 0 atom stereocenters. The van der Waals surface area contributed by atoms with E-state index in [1.807, 2.05) is 29.2 Å². The van der Waals surface area contributed by atoms with Crippen molar-refractivity contribution in [3.05, 3.63) is 29.1 Å². The van der Waals surface area contributed by atoms with E-state index in [9.17, 15) is 4.79 Å². The highest BCUT2D eigenvalue weighted by Crippen LogP contribution is 2.21. The van der Waals surface area contributed by atoms with Gasteiger partial charge in [0.05, 0.1) is 13.8 Å². The summed E-state index contributed by atoms with van der Waals surface area (Å²) >= 11 is 5.35. The van der Waals surface area contributed by atoms with Crippen LogP contribution in [0.3, 0.4) is 0 Å². The van der Waals surface area contributed by atoms with Crippen LogP contribution in [0.25, 0.3) is 11.5 Å². The zero-order valence-electron chi connectivity index (χ0n) is 18.0. The summed E-state index contributed by atoms with van der Waals surface area (Å²) in [6.07, 6.45) is 6.55. The van der Waals surface area contributed by atoms with Gasteiger partial charge in [0.25, 0.3) is 4.84 Å². The highest BCUT2D eigenvalue weighted by molar-refractivity contribution is 7.71. The third kappa shape index (κ3) is 6.15. The Morgan fingerprint density at radius 2 is 1.80 bits per heavy atom. The van der Waals surface area contributed by atoms with Crippen molar-refractivity contribution < 1.29 is 13.9 Å². The number of hydrogen-bond acceptors (Lipinski definition) is 6. The van der Waals surface area contributed by atoms with Gasteiger partial charge in [-0.1, -0.05) is 32.6 Å². The first kappa shape index (κ1) is 22.5. The van der Waals surface area contributed by atoms with Gasteiger partial charge in [0.1, 0.15) is 5.75 Å². The van der Waals surface area contributed by atoms with E-state index in [1.54, 1.807) is 11.8 Å². The zero-order chi connectivity index (χ0) is 21.3. The second-order valence-corrected chi connectivity index (χ2v) is 8.05. The maximum absolute atomic E-state index is 12.4. The summed E-state index contributed by atoms with van der Waals surface area (Å²) < 4.78 is 12.6. The summed E-state index contributed by atoms with van der Waals surface area (Å²) in [5, 5.41) is 4.53. The Morgan fingerprint density at radius 1 is 1.10 bits per heavy atom. The van der Waals surface area contributed by atoms with Gasteiger partial charge in [0.2, 0.25) is 11.8 Å². The van der Waals surface area contributed by atoms with Gasteiger partial charge in [-0.25, -0.2) is 4.68 Å². The van der Waals surface area contributed by atoms with Gasteiger partial charge in [-0.15, -0.1) is 5.10 Å². The fraction of sp³-hybridized carbons (Fsp3) is 0.591. The van der Waals surface area contributed by atoms with Crippen LogP contribution >= 0.6 is 12.2 Å². The lowest BCUT2D eigenvalue weighted by Crippen LogP contribution is -2.49. The Kier molecular flexibility index (Phi) is 8.45. The van der Waals surface area contributed by atoms with E-state index in [4.69, 9.17) is 21.4 Å². The molecule has 0 aliphatic carbocycles. The molecule has 1 aromatic heterocycles. The number of methoxy groups -OCH3 is 1. The largest absolute Gasteiger partial charge is 0.497 e. The van der Waals surface area contributed by atoms with Gasteiger partial charge in [-0.05, 0) is 42.9 Å². The maximum atomic E-state index is 12.4. The zero-order valence-corrected chi connectivity index (χ0v) is 18.8. The molecule has 1 aliphatic heterocycles. The summed E-state index contributed by atoms with van der Waals surface area (Å²) in [5.41, 5.74) is 0.856. The minimum atomic E-state index is 0.283. The average molecular weight is 433 g/mol. The predicted octanol–water partition coefficient (Wildman–Crippen LogP) is 4.34. The summed E-state index contributed by atoms with van der Waals surface area (Å²) in [7, 11) is 1.64. The molecule has 8 heteroatoms. The summed E-state index contributed by atoms with van der Waals surface area (Å²) in [6, 6.07) is 7.53. The van der Waals surface area contributed by atoms with Crippen LogP contribution < -0.4 is 4.74 Å². The highest BCUT2D eigenvalue weighted by atomic mass is 32.1. The molecule has 30 heavy (non-hydrogen) atoms. The van der Waals surface area contributed by atoms with Crippen LogP contribution in [0.2, 0.25) is 0 Å². The second kappa shape index (κ2) is 11.3. The molecule has 1 amide bonds. The lowest BCUT2D eigenvalue weighted by Gasteiger charge is -2.34. The number of amides is 1. The lowest BCUT2D eigenvalue weighted by atomic mass is 10.1. The highest BCUT2D eigenvalue weighted by Gasteiger charge is 2.21. The van der Waals surface area contributed by atoms with Gasteiger partial charge in [0, 0.05) is 38.2 Å². The van der Waals surface area contributed by atoms with Crippen LogP contribution in [0.1, 0.15) is 45.4 Å². The molecule has 0 radical (unpaired) electrons. The molecule has 1 aromatic carbocycles. The molecule has 7 nitrogen and oxygen atoms in total. The van der Waals surface area contributed by atoms with Crippen molar-refractivity contribution in [2.24, 2.45) is 0 Å². The van der Waals surface area contributed by atoms with Gasteiger partial charge in [-0.2, -0.15) is 0 Å². The molecule has 2 heterocycles. The number of unbranched alkanes of at least 4 members (excludes halogenated alkanes) is 4. The first-order valence-corrected chi connectivity index (χ1v) is 11.2. The van der Waals surface area contributed by atoms with Crippen LogP contribution in [0.15, 0.2) is 28.7 Å². The Balaban J connectivity index is 1.47. The average Bonchev–Trinajstić information content (AvgIpc) is 3.14. The van der Waals surface area contributed by atoms with E-state index in [0.717, 1.165) is 50.3 Å². The Hall–Kier alpha value is -2.19. The third-order valence-electron chi connectivity index (χ3n) is 5.50. The predicted molar refractivity (Wildman–Crippen MR) is 119 cm³/mol. The van der Waals surface area contributed by atoms with Crippen molar-refractivity contribution >= 4 is 18.1 Å². The van der Waals surface area contributed by atoms with Crippen molar-refractivity contribution in [3.8, 4) is 17.2 Å². The van der Waals surface area contributed by atoms with E-state index in [1.165, 1.54) is 19.3 Å². The van der Waals surface area contributed by atoms with E-state index in [0.29, 0.717) is 23.8 Å². The number of rotatable bonds is 10. The van der Waals surface area contributed by atoms with Crippen LogP contribution in [-0.2, 0) is 11.5 Å². The number of piperazine rings is 1. The van der Waals surface area contributed by atoms with Crippen molar-refractivity contribution in [1.82, 2.24) is 19.6 Å². The Morgan fingerprint density at radius 3 is 2.47 bits per heavy atom. The quantitative estimate of drug-likeness (QED) is 0.411. The minimum Gasteiger partial charge on any atom is -0.497 e. The van der Waals surface area contributed by atoms with Crippen LogP contribution in [-0.4, -0.2) is 58.8 Å². The molecule has 164 valence electrons. The van der Waals surface area contributed by atoms with E-state index in [2.05, 4.69) is 16.9 Å². The van der Waals surface area contributed by atoms with Gasteiger partial charge < -0.3 is 14.1 Å². The maximum Gasteiger partial charge on any atom is 0.288 e.